The second-order valence-corrected chi connectivity index (χ2v) is 7.11. The molecule has 31 heavy (non-hydrogen) atoms. The molecule has 3 rings (SSSR count). The molecule has 0 aliphatic carbocycles. The summed E-state index contributed by atoms with van der Waals surface area (Å²) in [7, 11) is 3.12. The highest BCUT2D eigenvalue weighted by Gasteiger charge is 2.12. The fraction of sp³-hybridized carbons (Fsp3) is 0.238. The summed E-state index contributed by atoms with van der Waals surface area (Å²) < 4.78 is 16.6. The minimum atomic E-state index is -0.180. The topological polar surface area (TPSA) is 94.6 Å². The Hall–Kier alpha value is -3.17. The molecule has 2 aromatic carbocycles. The van der Waals surface area contributed by atoms with E-state index in [9.17, 15) is 4.79 Å². The van der Waals surface area contributed by atoms with E-state index in [1.54, 1.807) is 50.6 Å². The number of aromatic nitrogens is 2. The molecule has 0 aliphatic rings. The molecule has 0 unspecified atom stereocenters. The molecular formula is C21H21ClN4O4S. The summed E-state index contributed by atoms with van der Waals surface area (Å²) in [6.07, 6.45) is 2.34. The summed E-state index contributed by atoms with van der Waals surface area (Å²) in [5.74, 6) is 2.32. The van der Waals surface area contributed by atoms with Crippen LogP contribution in [0.4, 0.5) is 5.69 Å². The predicted octanol–water partition coefficient (Wildman–Crippen LogP) is 4.27. The first-order chi connectivity index (χ1) is 15.0. The predicted molar refractivity (Wildman–Crippen MR) is 123 cm³/mol. The number of fused-ring (bicyclic) bond motifs is 1. The summed E-state index contributed by atoms with van der Waals surface area (Å²) >= 11 is 10.7. The number of alkyl halides is 1. The maximum atomic E-state index is 11.7. The molecule has 2 N–H and O–H groups in total. The van der Waals surface area contributed by atoms with Crippen LogP contribution in [0.15, 0.2) is 42.7 Å². The standard InChI is InChI=1S/C21H21ClN4O4S/c1-28-17-10-15-16(11-18(17)29-2)23-12-24-20(15)30-14-7-5-13(6-8-14)25-21(31)26-19(27)4-3-9-22/h5-8,10-12H,3-4,9H2,1-2H3,(H2,25,26,27,31). The van der Waals surface area contributed by atoms with Crippen LogP contribution in [-0.4, -0.2) is 41.1 Å². The number of methoxy groups -OCH3 is 2. The molecule has 0 bridgehead atoms. The third kappa shape index (κ3) is 5.93. The Morgan fingerprint density at radius 3 is 2.48 bits per heavy atom. The summed E-state index contributed by atoms with van der Waals surface area (Å²) in [5, 5.41) is 6.47. The lowest BCUT2D eigenvalue weighted by molar-refractivity contribution is -0.119. The Bertz CT molecular complexity index is 1080. The largest absolute Gasteiger partial charge is 0.493 e. The van der Waals surface area contributed by atoms with Gasteiger partial charge in [0.15, 0.2) is 16.6 Å². The number of carbonyl (C=O) groups excluding carboxylic acids is 1. The molecule has 1 heterocycles. The van der Waals surface area contributed by atoms with E-state index < -0.39 is 0 Å². The van der Waals surface area contributed by atoms with Crippen molar-refractivity contribution in [3.05, 3.63) is 42.7 Å². The molecule has 8 nitrogen and oxygen atoms in total. The van der Waals surface area contributed by atoms with Crippen LogP contribution < -0.4 is 24.8 Å². The van der Waals surface area contributed by atoms with Gasteiger partial charge < -0.3 is 24.8 Å². The van der Waals surface area contributed by atoms with Gasteiger partial charge in [-0.05, 0) is 49.0 Å². The van der Waals surface area contributed by atoms with Crippen molar-refractivity contribution in [1.82, 2.24) is 15.3 Å². The fourth-order valence-electron chi connectivity index (χ4n) is 2.74. The van der Waals surface area contributed by atoms with Crippen LogP contribution in [0.2, 0.25) is 0 Å². The number of carbonyl (C=O) groups is 1. The second kappa shape index (κ2) is 10.7. The first-order valence-corrected chi connectivity index (χ1v) is 10.3. The number of rotatable bonds is 8. The van der Waals surface area contributed by atoms with Crippen molar-refractivity contribution < 1.29 is 19.0 Å². The number of benzene rings is 2. The summed E-state index contributed by atoms with van der Waals surface area (Å²) in [4.78, 5) is 20.2. The highest BCUT2D eigenvalue weighted by Crippen LogP contribution is 2.35. The molecule has 1 amide bonds. The average molecular weight is 461 g/mol. The summed E-state index contributed by atoms with van der Waals surface area (Å²) in [6.45, 7) is 0. The van der Waals surface area contributed by atoms with Gasteiger partial charge in [0.05, 0.1) is 25.1 Å². The van der Waals surface area contributed by atoms with Crippen molar-refractivity contribution >= 4 is 51.4 Å². The summed E-state index contributed by atoms with van der Waals surface area (Å²) in [5.41, 5.74) is 1.37. The zero-order valence-corrected chi connectivity index (χ0v) is 18.5. The van der Waals surface area contributed by atoms with Crippen LogP contribution in [0.25, 0.3) is 10.9 Å². The molecule has 0 saturated carbocycles. The lowest BCUT2D eigenvalue weighted by Crippen LogP contribution is -2.33. The number of ether oxygens (including phenoxy) is 3. The van der Waals surface area contributed by atoms with Crippen LogP contribution in [0.3, 0.4) is 0 Å². The Kier molecular flexibility index (Phi) is 7.80. The SMILES string of the molecule is COc1cc2ncnc(Oc3ccc(NC(=S)NC(=O)CCCCl)cc3)c2cc1OC. The maximum absolute atomic E-state index is 11.7. The number of anilines is 1. The Morgan fingerprint density at radius 2 is 1.81 bits per heavy atom. The minimum Gasteiger partial charge on any atom is -0.493 e. The number of nitrogens with one attached hydrogen (secondary N) is 2. The van der Waals surface area contributed by atoms with Gasteiger partial charge in [-0.25, -0.2) is 9.97 Å². The molecule has 162 valence electrons. The van der Waals surface area contributed by atoms with Gasteiger partial charge in [-0.15, -0.1) is 11.6 Å². The molecule has 3 aromatic rings. The van der Waals surface area contributed by atoms with Gasteiger partial charge in [-0.3, -0.25) is 4.79 Å². The molecule has 0 saturated heterocycles. The van der Waals surface area contributed by atoms with Gasteiger partial charge in [0.2, 0.25) is 11.8 Å². The van der Waals surface area contributed by atoms with Crippen molar-refractivity contribution in [2.45, 2.75) is 12.8 Å². The lowest BCUT2D eigenvalue weighted by atomic mass is 10.2. The van der Waals surface area contributed by atoms with Crippen molar-refractivity contribution in [2.75, 3.05) is 25.4 Å². The molecule has 0 radical (unpaired) electrons. The van der Waals surface area contributed by atoms with Crippen LogP contribution in [-0.2, 0) is 4.79 Å². The van der Waals surface area contributed by atoms with E-state index in [2.05, 4.69) is 20.6 Å². The van der Waals surface area contributed by atoms with E-state index in [0.29, 0.717) is 58.4 Å². The molecular weight excluding hydrogens is 440 g/mol. The van der Waals surface area contributed by atoms with Crippen molar-refractivity contribution in [3.8, 4) is 23.1 Å². The van der Waals surface area contributed by atoms with Crippen LogP contribution >= 0.6 is 23.8 Å². The third-order valence-electron chi connectivity index (χ3n) is 4.22. The van der Waals surface area contributed by atoms with Gasteiger partial charge in [0.25, 0.3) is 0 Å². The molecule has 0 fully saturated rings. The van der Waals surface area contributed by atoms with Gasteiger partial charge in [-0.2, -0.15) is 0 Å². The zero-order chi connectivity index (χ0) is 22.2. The number of hydrogen-bond donors (Lipinski definition) is 2. The monoisotopic (exact) mass is 460 g/mol. The van der Waals surface area contributed by atoms with E-state index in [4.69, 9.17) is 38.0 Å². The molecule has 0 spiro atoms. The number of halogens is 1. The highest BCUT2D eigenvalue weighted by molar-refractivity contribution is 7.80. The normalized spacial score (nSPS) is 10.4. The number of amides is 1. The smallest absolute Gasteiger partial charge is 0.230 e. The first-order valence-electron chi connectivity index (χ1n) is 9.35. The first kappa shape index (κ1) is 22.5. The molecule has 0 aliphatic heterocycles. The lowest BCUT2D eigenvalue weighted by Gasteiger charge is -2.12. The molecule has 10 heteroatoms. The van der Waals surface area contributed by atoms with E-state index in [-0.39, 0.29) is 11.0 Å². The van der Waals surface area contributed by atoms with E-state index in [0.717, 1.165) is 0 Å². The second-order valence-electron chi connectivity index (χ2n) is 6.32. The van der Waals surface area contributed by atoms with E-state index >= 15 is 0 Å². The van der Waals surface area contributed by atoms with Crippen LogP contribution in [0, 0.1) is 0 Å². The van der Waals surface area contributed by atoms with E-state index in [1.165, 1.54) is 6.33 Å². The number of thiocarbonyl (C=S) groups is 1. The quantitative estimate of drug-likeness (QED) is 0.380. The van der Waals surface area contributed by atoms with Gasteiger partial charge in [0.1, 0.15) is 12.1 Å². The maximum Gasteiger partial charge on any atom is 0.230 e. The van der Waals surface area contributed by atoms with Crippen molar-refractivity contribution in [3.63, 3.8) is 0 Å². The number of nitrogens with zero attached hydrogens (tertiary/aromatic N) is 2. The summed E-state index contributed by atoms with van der Waals surface area (Å²) in [6, 6.07) is 10.6. The van der Waals surface area contributed by atoms with E-state index in [1.807, 2.05) is 0 Å². The zero-order valence-electron chi connectivity index (χ0n) is 17.0. The Balaban J connectivity index is 1.70. The van der Waals surface area contributed by atoms with Crippen molar-refractivity contribution in [2.24, 2.45) is 0 Å². The van der Waals surface area contributed by atoms with Gasteiger partial charge >= 0.3 is 0 Å². The van der Waals surface area contributed by atoms with Crippen LogP contribution in [0.5, 0.6) is 23.1 Å². The van der Waals surface area contributed by atoms with Crippen molar-refractivity contribution in [1.29, 1.82) is 0 Å². The van der Waals surface area contributed by atoms with Crippen LogP contribution in [0.1, 0.15) is 12.8 Å². The highest BCUT2D eigenvalue weighted by atomic mass is 35.5. The Labute approximate surface area is 189 Å². The van der Waals surface area contributed by atoms with Gasteiger partial charge in [-0.1, -0.05) is 0 Å². The minimum absolute atomic E-state index is 0.180. The number of hydrogen-bond acceptors (Lipinski definition) is 7. The fourth-order valence-corrected chi connectivity index (χ4v) is 3.10. The molecule has 0 atom stereocenters. The third-order valence-corrected chi connectivity index (χ3v) is 4.69. The van der Waals surface area contributed by atoms with Gasteiger partial charge in [0, 0.05) is 24.1 Å². The molecule has 1 aromatic heterocycles. The Morgan fingerprint density at radius 1 is 1.10 bits per heavy atom. The average Bonchev–Trinajstić information content (AvgIpc) is 2.78.